The minimum atomic E-state index is -0.729. The Hall–Kier alpha value is -4.10. The Morgan fingerprint density at radius 3 is 1.78 bits per heavy atom. The molecule has 13 heteroatoms. The van der Waals surface area contributed by atoms with Gasteiger partial charge in [-0.25, -0.2) is 14.8 Å². The molecule has 218 valence electrons. The van der Waals surface area contributed by atoms with Gasteiger partial charge in [-0.05, 0) is 45.3 Å². The van der Waals surface area contributed by atoms with E-state index in [0.29, 0.717) is 23.4 Å². The third-order valence-corrected chi connectivity index (χ3v) is 7.39. The zero-order valence-electron chi connectivity index (χ0n) is 23.5. The fourth-order valence-corrected chi connectivity index (χ4v) is 5.07. The number of imidazole rings is 2. The molecule has 4 aromatic heterocycles. The highest BCUT2D eigenvalue weighted by Crippen LogP contribution is 2.23. The minimum absolute atomic E-state index is 0.137. The largest absolute Gasteiger partial charge is 0.461 e. The fraction of sp³-hybridized carbons (Fsp3) is 0.429. The van der Waals surface area contributed by atoms with Crippen LogP contribution in [0, 0.1) is 11.9 Å². The van der Waals surface area contributed by atoms with Crippen molar-refractivity contribution >= 4 is 35.2 Å². The molecule has 11 nitrogen and oxygen atoms in total. The van der Waals surface area contributed by atoms with Gasteiger partial charge in [-0.1, -0.05) is 12.1 Å². The number of likely N-dealkylation sites (N-methyl/N-ethyl adjacent to an activating group) is 2. The minimum Gasteiger partial charge on any atom is -0.461 e. The predicted molar refractivity (Wildman–Crippen MR) is 151 cm³/mol. The van der Waals surface area contributed by atoms with E-state index in [2.05, 4.69) is 43.7 Å². The zero-order valence-corrected chi connectivity index (χ0v) is 23.5. The Labute approximate surface area is 236 Å². The lowest BCUT2D eigenvalue weighted by molar-refractivity contribution is 0.0514. The summed E-state index contributed by atoms with van der Waals surface area (Å²) in [5.74, 6) is -0.509. The van der Waals surface area contributed by atoms with E-state index in [-0.39, 0.29) is 18.0 Å². The van der Waals surface area contributed by atoms with Crippen LogP contribution < -0.4 is 9.80 Å². The van der Waals surface area contributed by atoms with E-state index < -0.39 is 17.9 Å². The van der Waals surface area contributed by atoms with E-state index in [1.807, 2.05) is 24.3 Å². The number of carbonyl (C=O) groups is 2. The first kappa shape index (κ1) is 28.4. The summed E-state index contributed by atoms with van der Waals surface area (Å²) in [5, 5.41) is 0. The molecule has 0 bridgehead atoms. The molecule has 2 saturated heterocycles. The van der Waals surface area contributed by atoms with Crippen LogP contribution in [0.3, 0.4) is 0 Å². The first-order valence-electron chi connectivity index (χ1n) is 13.7. The molecule has 0 saturated carbocycles. The molecule has 0 spiro atoms. The number of anilines is 2. The molecule has 0 aromatic carbocycles. The summed E-state index contributed by atoms with van der Waals surface area (Å²) in [6.45, 7) is 8.87. The third-order valence-electron chi connectivity index (χ3n) is 7.39. The second-order valence-corrected chi connectivity index (χ2v) is 10.1. The van der Waals surface area contributed by atoms with Crippen LogP contribution in [-0.2, 0) is 4.74 Å². The van der Waals surface area contributed by atoms with Crippen molar-refractivity contribution in [3.05, 3.63) is 59.7 Å². The Morgan fingerprint density at radius 1 is 0.805 bits per heavy atom. The maximum absolute atomic E-state index is 14.7. The second-order valence-electron chi connectivity index (χ2n) is 10.1. The number of rotatable bonds is 5. The lowest BCUT2D eigenvalue weighted by atomic mass is 10.3. The molecule has 6 heterocycles. The molecule has 0 amide bonds. The maximum Gasteiger partial charge on any atom is 0.361 e. The van der Waals surface area contributed by atoms with Crippen LogP contribution in [0.5, 0.6) is 0 Å². The number of nitrogens with zero attached hydrogens (tertiary/aromatic N) is 8. The quantitative estimate of drug-likeness (QED) is 0.266. The normalized spacial score (nSPS) is 16.6. The van der Waals surface area contributed by atoms with Gasteiger partial charge in [0.25, 0.3) is 0 Å². The summed E-state index contributed by atoms with van der Waals surface area (Å²) in [6.07, 6.45) is 0.454. The SMILES string of the molecule is CCOC(=O)c1nc2cccc(N3CCN(C)CC3)n2c1F.CN1CCN(c2cccc3nc(C=O)c(F)n23)CC1. The summed E-state index contributed by atoms with van der Waals surface area (Å²) < 4.78 is 36.5. The average molecular weight is 569 g/mol. The lowest BCUT2D eigenvalue weighted by Crippen LogP contribution is -2.45. The first-order valence-corrected chi connectivity index (χ1v) is 13.7. The molecule has 0 radical (unpaired) electrons. The van der Waals surface area contributed by atoms with E-state index in [9.17, 15) is 18.4 Å². The van der Waals surface area contributed by atoms with Gasteiger partial charge in [0, 0.05) is 52.4 Å². The van der Waals surface area contributed by atoms with Crippen molar-refractivity contribution in [2.45, 2.75) is 6.92 Å². The molecular formula is C28H34F2N8O3. The number of aldehydes is 1. The van der Waals surface area contributed by atoms with Crippen LogP contribution in [0.15, 0.2) is 36.4 Å². The zero-order chi connectivity index (χ0) is 29.1. The van der Waals surface area contributed by atoms with Gasteiger partial charge in [-0.3, -0.25) is 13.6 Å². The van der Waals surface area contributed by atoms with Gasteiger partial charge >= 0.3 is 5.97 Å². The highest BCUT2D eigenvalue weighted by molar-refractivity contribution is 5.88. The highest BCUT2D eigenvalue weighted by Gasteiger charge is 2.25. The number of halogens is 2. The van der Waals surface area contributed by atoms with E-state index in [0.717, 1.165) is 58.2 Å². The molecule has 2 fully saturated rings. The lowest BCUT2D eigenvalue weighted by Gasteiger charge is -2.34. The molecule has 2 aliphatic heterocycles. The van der Waals surface area contributed by atoms with E-state index in [1.165, 1.54) is 8.80 Å². The van der Waals surface area contributed by atoms with E-state index >= 15 is 0 Å². The number of fused-ring (bicyclic) bond motifs is 2. The Kier molecular flexibility index (Phi) is 8.45. The van der Waals surface area contributed by atoms with Crippen LogP contribution in [0.2, 0.25) is 0 Å². The smallest absolute Gasteiger partial charge is 0.361 e. The summed E-state index contributed by atoms with van der Waals surface area (Å²) in [7, 11) is 4.13. The molecule has 41 heavy (non-hydrogen) atoms. The Morgan fingerprint density at radius 2 is 1.29 bits per heavy atom. The van der Waals surface area contributed by atoms with Crippen molar-refractivity contribution in [3.63, 3.8) is 0 Å². The number of aromatic nitrogens is 4. The Balaban J connectivity index is 0.000000166. The number of carbonyl (C=O) groups excluding carboxylic acids is 2. The summed E-state index contributed by atoms with van der Waals surface area (Å²) in [4.78, 5) is 39.3. The van der Waals surface area contributed by atoms with Crippen LogP contribution in [-0.4, -0.2) is 114 Å². The molecule has 0 atom stereocenters. The number of piperazine rings is 2. The maximum atomic E-state index is 14.7. The first-order chi connectivity index (χ1) is 19.8. The molecule has 6 rings (SSSR count). The van der Waals surface area contributed by atoms with Gasteiger partial charge in [0.05, 0.1) is 6.61 Å². The standard InChI is InChI=1S/C15H19FN4O2.C13H15FN4O/c1-3-22-15(21)13-14(16)20-11(17-13)5-4-6-12(20)19-9-7-18(2)8-10-19;1-16-5-7-17(8-6-16)12-4-2-3-11-15-10(9-19)13(14)18(11)12/h4-6H,3,7-10H2,1-2H3;2-4,9H,5-8H2,1H3. The molecule has 0 aliphatic carbocycles. The van der Waals surface area contributed by atoms with Crippen molar-refractivity contribution in [1.82, 2.24) is 28.6 Å². The van der Waals surface area contributed by atoms with Crippen LogP contribution in [0.4, 0.5) is 20.4 Å². The summed E-state index contributed by atoms with van der Waals surface area (Å²) >= 11 is 0. The number of pyridine rings is 2. The monoisotopic (exact) mass is 568 g/mol. The molecule has 0 N–H and O–H groups in total. The third kappa shape index (κ3) is 5.72. The molecule has 0 unspecified atom stereocenters. The average Bonchev–Trinajstić information content (AvgIpc) is 3.51. The van der Waals surface area contributed by atoms with Crippen molar-refractivity contribution in [2.24, 2.45) is 0 Å². The molecule has 4 aromatic rings. The summed E-state index contributed by atoms with van der Waals surface area (Å²) in [5.41, 5.74) is 0.484. The number of ether oxygens (including phenoxy) is 1. The van der Waals surface area contributed by atoms with Gasteiger partial charge in [-0.15, -0.1) is 0 Å². The highest BCUT2D eigenvalue weighted by atomic mass is 19.1. The predicted octanol–water partition coefficient (Wildman–Crippen LogP) is 2.44. The van der Waals surface area contributed by atoms with Gasteiger partial charge in [-0.2, -0.15) is 8.78 Å². The van der Waals surface area contributed by atoms with Gasteiger partial charge in [0.1, 0.15) is 22.9 Å². The van der Waals surface area contributed by atoms with Crippen LogP contribution in [0.1, 0.15) is 27.9 Å². The topological polar surface area (TPSA) is 90.9 Å². The van der Waals surface area contributed by atoms with Gasteiger partial charge in [0.15, 0.2) is 12.0 Å². The number of hydrogen-bond donors (Lipinski definition) is 0. The fourth-order valence-electron chi connectivity index (χ4n) is 5.07. The van der Waals surface area contributed by atoms with Crippen LogP contribution in [0.25, 0.3) is 11.3 Å². The van der Waals surface area contributed by atoms with E-state index in [1.54, 1.807) is 19.1 Å². The van der Waals surface area contributed by atoms with Crippen LogP contribution >= 0.6 is 0 Å². The Bertz CT molecular complexity index is 1540. The number of esters is 1. The molecule has 2 aliphatic rings. The van der Waals surface area contributed by atoms with E-state index in [4.69, 9.17) is 4.74 Å². The summed E-state index contributed by atoms with van der Waals surface area (Å²) in [6, 6.07) is 10.8. The van der Waals surface area contributed by atoms with Crippen molar-refractivity contribution < 1.29 is 23.1 Å². The number of hydrogen-bond acceptors (Lipinski definition) is 9. The molecular weight excluding hydrogens is 534 g/mol. The van der Waals surface area contributed by atoms with Crippen molar-refractivity contribution in [3.8, 4) is 0 Å². The second kappa shape index (κ2) is 12.2. The van der Waals surface area contributed by atoms with Gasteiger partial charge < -0.3 is 24.3 Å². The van der Waals surface area contributed by atoms with Gasteiger partial charge in [0.2, 0.25) is 17.6 Å². The van der Waals surface area contributed by atoms with Crippen molar-refractivity contribution in [1.29, 1.82) is 0 Å². The van der Waals surface area contributed by atoms with Crippen molar-refractivity contribution in [2.75, 3.05) is 82.9 Å².